The van der Waals surface area contributed by atoms with Crippen molar-refractivity contribution in [2.75, 3.05) is 7.11 Å². The predicted molar refractivity (Wildman–Crippen MR) is 137 cm³/mol. The summed E-state index contributed by atoms with van der Waals surface area (Å²) in [5, 5.41) is 0.657. The first kappa shape index (κ1) is 21.2. The topological polar surface area (TPSA) is 52.8 Å². The molecule has 5 aromatic rings. The third-order valence-electron chi connectivity index (χ3n) is 5.02. The monoisotopic (exact) mass is 574 g/mol. The van der Waals surface area contributed by atoms with E-state index < -0.39 is 0 Å². The minimum absolute atomic E-state index is 0.0771. The van der Waals surface area contributed by atoms with Crippen LogP contribution in [0.3, 0.4) is 0 Å². The van der Waals surface area contributed by atoms with Crippen LogP contribution in [0.25, 0.3) is 22.1 Å². The molecule has 3 aromatic carbocycles. The lowest BCUT2D eigenvalue weighted by Gasteiger charge is -2.14. The normalized spacial score (nSPS) is 12.0. The second kappa shape index (κ2) is 8.73. The second-order valence-corrected chi connectivity index (χ2v) is 9.63. The fraction of sp³-hybridized carbons (Fsp3) is 0.0833. The number of thiazole rings is 1. The van der Waals surface area contributed by atoms with E-state index in [0.29, 0.717) is 32.6 Å². The lowest BCUT2D eigenvalue weighted by atomic mass is 10.2. The van der Waals surface area contributed by atoms with Gasteiger partial charge in [-0.2, -0.15) is 0 Å². The molecule has 8 heteroatoms. The van der Waals surface area contributed by atoms with E-state index in [0.717, 1.165) is 25.7 Å². The number of halogens is 2. The van der Waals surface area contributed by atoms with Crippen molar-refractivity contribution in [3.63, 3.8) is 0 Å². The first-order chi connectivity index (χ1) is 15.5. The number of aromatic nitrogens is 2. The Bertz CT molecular complexity index is 1580. The van der Waals surface area contributed by atoms with Crippen molar-refractivity contribution in [1.29, 1.82) is 0 Å². The lowest BCUT2D eigenvalue weighted by Crippen LogP contribution is -2.22. The highest BCUT2D eigenvalue weighted by Gasteiger charge is 2.14. The number of hydrogen-bond donors (Lipinski definition) is 0. The summed E-state index contributed by atoms with van der Waals surface area (Å²) in [4.78, 5) is 18.3. The van der Waals surface area contributed by atoms with Crippen molar-refractivity contribution in [3.8, 4) is 11.5 Å². The zero-order valence-electron chi connectivity index (χ0n) is 16.8. The average molecular weight is 575 g/mol. The zero-order valence-corrected chi connectivity index (χ0v) is 20.6. The van der Waals surface area contributed by atoms with Crippen molar-refractivity contribution in [2.24, 2.45) is 0 Å². The molecule has 0 atom stereocenters. The van der Waals surface area contributed by atoms with Crippen LogP contribution in [-0.2, 0) is 6.61 Å². The summed E-state index contributed by atoms with van der Waals surface area (Å²) in [6.07, 6.45) is 1.86. The smallest absolute Gasteiger partial charge is 0.274 e. The van der Waals surface area contributed by atoms with E-state index >= 15 is 0 Å². The summed E-state index contributed by atoms with van der Waals surface area (Å²) in [6.45, 7) is 0.328. The molecule has 0 fully saturated rings. The largest absolute Gasteiger partial charge is 0.493 e. The molecule has 0 aliphatic heterocycles. The Morgan fingerprint density at radius 2 is 1.94 bits per heavy atom. The molecule has 5 rings (SSSR count). The molecule has 0 spiro atoms. The van der Waals surface area contributed by atoms with Crippen LogP contribution in [0.4, 0.5) is 0 Å². The molecule has 0 amide bonds. The summed E-state index contributed by atoms with van der Waals surface area (Å²) < 4.78 is 14.8. The SMILES string of the molecule is COc1cc(/C=c2\sc3nc4ccccc4n3c2=O)cc(I)c1OCc1ccccc1Cl. The molecule has 32 heavy (non-hydrogen) atoms. The van der Waals surface area contributed by atoms with Crippen LogP contribution < -0.4 is 19.6 Å². The van der Waals surface area contributed by atoms with Gasteiger partial charge < -0.3 is 9.47 Å². The number of fused-ring (bicyclic) bond motifs is 3. The van der Waals surface area contributed by atoms with Crippen LogP contribution in [0.15, 0.2) is 65.5 Å². The summed E-state index contributed by atoms with van der Waals surface area (Å²) in [5.41, 5.74) is 3.30. The van der Waals surface area contributed by atoms with Crippen LogP contribution in [0.2, 0.25) is 5.02 Å². The number of methoxy groups -OCH3 is 1. The van der Waals surface area contributed by atoms with Gasteiger partial charge >= 0.3 is 0 Å². The van der Waals surface area contributed by atoms with E-state index in [-0.39, 0.29) is 5.56 Å². The second-order valence-electron chi connectivity index (χ2n) is 7.05. The van der Waals surface area contributed by atoms with Crippen molar-refractivity contribution in [1.82, 2.24) is 9.38 Å². The highest BCUT2D eigenvalue weighted by Crippen LogP contribution is 2.35. The number of hydrogen-bond acceptors (Lipinski definition) is 5. The summed E-state index contributed by atoms with van der Waals surface area (Å²) >= 11 is 9.82. The first-order valence-electron chi connectivity index (χ1n) is 9.70. The number of benzene rings is 3. The molecule has 0 aliphatic carbocycles. The van der Waals surface area contributed by atoms with E-state index in [1.54, 1.807) is 11.5 Å². The van der Waals surface area contributed by atoms with E-state index in [4.69, 9.17) is 21.1 Å². The maximum absolute atomic E-state index is 13.0. The first-order valence-corrected chi connectivity index (χ1v) is 12.0. The maximum Gasteiger partial charge on any atom is 0.274 e. The molecule has 0 saturated carbocycles. The highest BCUT2D eigenvalue weighted by atomic mass is 127. The van der Waals surface area contributed by atoms with Gasteiger partial charge in [-0.1, -0.05) is 53.3 Å². The van der Waals surface area contributed by atoms with E-state index in [1.165, 1.54) is 11.3 Å². The third-order valence-corrected chi connectivity index (χ3v) is 7.16. The molecular formula is C24H16ClIN2O3S. The summed E-state index contributed by atoms with van der Waals surface area (Å²) in [7, 11) is 1.60. The van der Waals surface area contributed by atoms with Crippen molar-refractivity contribution < 1.29 is 9.47 Å². The van der Waals surface area contributed by atoms with Gasteiger partial charge in [0.05, 0.1) is 26.2 Å². The molecule has 0 aliphatic rings. The van der Waals surface area contributed by atoms with Crippen molar-refractivity contribution in [2.45, 2.75) is 6.61 Å². The molecule has 0 unspecified atom stereocenters. The van der Waals surface area contributed by atoms with Gasteiger partial charge in [0.25, 0.3) is 5.56 Å². The van der Waals surface area contributed by atoms with E-state index in [1.807, 2.05) is 66.7 Å². The number of imidazole rings is 1. The molecule has 160 valence electrons. The molecule has 0 radical (unpaired) electrons. The van der Waals surface area contributed by atoms with Crippen LogP contribution in [0.5, 0.6) is 11.5 Å². The van der Waals surface area contributed by atoms with Gasteiger partial charge in [0.1, 0.15) is 6.61 Å². The van der Waals surface area contributed by atoms with Crippen LogP contribution in [0.1, 0.15) is 11.1 Å². The Hall–Kier alpha value is -2.62. The Morgan fingerprint density at radius 3 is 2.75 bits per heavy atom. The minimum Gasteiger partial charge on any atom is -0.493 e. The van der Waals surface area contributed by atoms with Gasteiger partial charge in [0.15, 0.2) is 16.5 Å². The Balaban J connectivity index is 1.53. The molecule has 0 saturated heterocycles. The van der Waals surface area contributed by atoms with Gasteiger partial charge in [-0.05, 0) is 64.6 Å². The Morgan fingerprint density at radius 1 is 1.16 bits per heavy atom. The highest BCUT2D eigenvalue weighted by molar-refractivity contribution is 14.1. The number of rotatable bonds is 5. The molecule has 2 aromatic heterocycles. The Labute approximate surface area is 206 Å². The number of nitrogens with zero attached hydrogens (tertiary/aromatic N) is 2. The van der Waals surface area contributed by atoms with E-state index in [9.17, 15) is 4.79 Å². The quantitative estimate of drug-likeness (QED) is 0.267. The van der Waals surface area contributed by atoms with E-state index in [2.05, 4.69) is 27.6 Å². The fourth-order valence-electron chi connectivity index (χ4n) is 3.49. The number of para-hydroxylation sites is 2. The van der Waals surface area contributed by atoms with Crippen LogP contribution in [-0.4, -0.2) is 16.5 Å². The van der Waals surface area contributed by atoms with Crippen LogP contribution in [0, 0.1) is 3.57 Å². The molecule has 0 N–H and O–H groups in total. The summed E-state index contributed by atoms with van der Waals surface area (Å²) in [6, 6.07) is 19.0. The van der Waals surface area contributed by atoms with Gasteiger partial charge in [0.2, 0.25) is 0 Å². The van der Waals surface area contributed by atoms with Crippen LogP contribution >= 0.6 is 45.5 Å². The van der Waals surface area contributed by atoms with Gasteiger partial charge in [-0.25, -0.2) is 9.38 Å². The molecule has 2 heterocycles. The summed E-state index contributed by atoms with van der Waals surface area (Å²) in [5.74, 6) is 1.23. The number of ether oxygens (including phenoxy) is 2. The fourth-order valence-corrected chi connectivity index (χ4v) is 5.45. The molecule has 5 nitrogen and oxygen atoms in total. The molecular weight excluding hydrogens is 559 g/mol. The average Bonchev–Trinajstić information content (AvgIpc) is 3.30. The Kier molecular flexibility index (Phi) is 5.79. The predicted octanol–water partition coefficient (Wildman–Crippen LogP) is 5.30. The standard InChI is InChI=1S/C24H16ClIN2O3S/c1-30-20-11-14(10-17(26)22(20)31-13-15-6-2-3-7-16(15)25)12-21-23(29)28-19-9-5-4-8-18(19)27-24(28)32-21/h2-12H,13H2,1H3/b21-12-. The minimum atomic E-state index is -0.0771. The third kappa shape index (κ3) is 3.85. The van der Waals surface area contributed by atoms with Gasteiger partial charge in [-0.15, -0.1) is 0 Å². The lowest BCUT2D eigenvalue weighted by molar-refractivity contribution is 0.282. The van der Waals surface area contributed by atoms with Crippen molar-refractivity contribution >= 4 is 67.6 Å². The maximum atomic E-state index is 13.0. The van der Waals surface area contributed by atoms with Gasteiger partial charge in [-0.3, -0.25) is 4.79 Å². The van der Waals surface area contributed by atoms with Crippen molar-refractivity contribution in [3.05, 3.63) is 95.3 Å². The van der Waals surface area contributed by atoms with Gasteiger partial charge in [0, 0.05) is 10.6 Å². The molecule has 0 bridgehead atoms. The zero-order chi connectivity index (χ0) is 22.2.